The number of rotatable bonds is 6. The standard InChI is InChI=1S/C19H22FN3O3/c20-16-6-4-15(5-7-16)11-19(14-24)13-23(9-10-26-19)12-18(25)22-17-3-1-2-8-21-17/h1-8,24H,9-14H2,(H,21,22,25)/t19-/m0/s1. The molecule has 2 N–H and O–H groups in total. The second kappa shape index (κ2) is 8.35. The first-order valence-corrected chi connectivity index (χ1v) is 8.51. The molecule has 138 valence electrons. The van der Waals surface area contributed by atoms with E-state index in [1.807, 2.05) is 4.90 Å². The van der Waals surface area contributed by atoms with Gasteiger partial charge in [0.15, 0.2) is 0 Å². The molecule has 0 aliphatic carbocycles. The lowest BCUT2D eigenvalue weighted by Gasteiger charge is -2.41. The lowest BCUT2D eigenvalue weighted by Crippen LogP contribution is -2.56. The van der Waals surface area contributed by atoms with Crippen LogP contribution in [-0.4, -0.2) is 59.3 Å². The summed E-state index contributed by atoms with van der Waals surface area (Å²) in [6.45, 7) is 1.43. The third kappa shape index (κ3) is 4.85. The Hall–Kier alpha value is -2.35. The Morgan fingerprint density at radius 1 is 1.31 bits per heavy atom. The number of hydrogen-bond donors (Lipinski definition) is 2. The van der Waals surface area contributed by atoms with Crippen LogP contribution in [0.3, 0.4) is 0 Å². The number of aromatic nitrogens is 1. The highest BCUT2D eigenvalue weighted by Crippen LogP contribution is 2.23. The molecule has 1 aliphatic heterocycles. The molecule has 1 amide bonds. The zero-order valence-corrected chi connectivity index (χ0v) is 14.4. The number of anilines is 1. The van der Waals surface area contributed by atoms with E-state index in [2.05, 4.69) is 10.3 Å². The highest BCUT2D eigenvalue weighted by atomic mass is 19.1. The number of morpholine rings is 1. The zero-order chi connectivity index (χ0) is 18.4. The number of pyridine rings is 1. The zero-order valence-electron chi connectivity index (χ0n) is 14.4. The molecule has 26 heavy (non-hydrogen) atoms. The summed E-state index contributed by atoms with van der Waals surface area (Å²) in [6, 6.07) is 11.5. The van der Waals surface area contributed by atoms with Gasteiger partial charge in [-0.15, -0.1) is 0 Å². The normalized spacial score (nSPS) is 20.7. The number of benzene rings is 1. The molecule has 1 fully saturated rings. The van der Waals surface area contributed by atoms with Crippen molar-refractivity contribution in [3.63, 3.8) is 0 Å². The topological polar surface area (TPSA) is 74.7 Å². The molecule has 2 aromatic rings. The lowest BCUT2D eigenvalue weighted by atomic mass is 9.93. The fourth-order valence-corrected chi connectivity index (χ4v) is 3.11. The summed E-state index contributed by atoms with van der Waals surface area (Å²) in [5.41, 5.74) is 0.0710. The van der Waals surface area contributed by atoms with Crippen LogP contribution >= 0.6 is 0 Å². The van der Waals surface area contributed by atoms with Crippen molar-refractivity contribution < 1.29 is 19.0 Å². The Balaban J connectivity index is 1.61. The van der Waals surface area contributed by atoms with Gasteiger partial charge >= 0.3 is 0 Å². The van der Waals surface area contributed by atoms with Gasteiger partial charge in [-0.05, 0) is 29.8 Å². The Bertz CT molecular complexity index is 727. The Labute approximate surface area is 151 Å². The van der Waals surface area contributed by atoms with Crippen LogP contribution in [0.1, 0.15) is 5.56 Å². The van der Waals surface area contributed by atoms with Crippen LogP contribution in [0.2, 0.25) is 0 Å². The molecule has 7 heteroatoms. The molecule has 1 aliphatic rings. The first kappa shape index (κ1) is 18.4. The van der Waals surface area contributed by atoms with Crippen molar-refractivity contribution in [2.75, 3.05) is 38.2 Å². The molecule has 1 aromatic carbocycles. The highest BCUT2D eigenvalue weighted by molar-refractivity contribution is 5.91. The van der Waals surface area contributed by atoms with Gasteiger partial charge < -0.3 is 15.2 Å². The molecule has 2 heterocycles. The number of halogens is 1. The van der Waals surface area contributed by atoms with Gasteiger partial charge in [0, 0.05) is 25.7 Å². The highest BCUT2D eigenvalue weighted by Gasteiger charge is 2.37. The van der Waals surface area contributed by atoms with Crippen molar-refractivity contribution in [2.45, 2.75) is 12.0 Å². The average molecular weight is 359 g/mol. The number of aliphatic hydroxyl groups is 1. The number of aliphatic hydroxyl groups excluding tert-OH is 1. The van der Waals surface area contributed by atoms with Crippen molar-refractivity contribution in [1.82, 2.24) is 9.88 Å². The van der Waals surface area contributed by atoms with Crippen molar-refractivity contribution in [3.05, 3.63) is 60.0 Å². The van der Waals surface area contributed by atoms with Gasteiger partial charge in [-0.1, -0.05) is 18.2 Å². The smallest absolute Gasteiger partial charge is 0.239 e. The van der Waals surface area contributed by atoms with Crippen LogP contribution in [-0.2, 0) is 16.0 Å². The van der Waals surface area contributed by atoms with Crippen molar-refractivity contribution in [1.29, 1.82) is 0 Å². The fraction of sp³-hybridized carbons (Fsp3) is 0.368. The molecule has 0 saturated carbocycles. The Kier molecular flexibility index (Phi) is 5.92. The van der Waals surface area contributed by atoms with E-state index in [1.165, 1.54) is 12.1 Å². The summed E-state index contributed by atoms with van der Waals surface area (Å²) in [4.78, 5) is 18.3. The molecule has 1 aromatic heterocycles. The third-order valence-corrected chi connectivity index (χ3v) is 4.35. The molecule has 3 rings (SSSR count). The molecule has 1 saturated heterocycles. The summed E-state index contributed by atoms with van der Waals surface area (Å²) in [6.07, 6.45) is 2.06. The number of carbonyl (C=O) groups excluding carboxylic acids is 1. The van der Waals surface area contributed by atoms with Gasteiger partial charge in [0.05, 0.1) is 19.8 Å². The Morgan fingerprint density at radius 2 is 2.12 bits per heavy atom. The first-order valence-electron chi connectivity index (χ1n) is 8.51. The van der Waals surface area contributed by atoms with Gasteiger partial charge in [0.1, 0.15) is 17.2 Å². The van der Waals surface area contributed by atoms with Crippen LogP contribution in [0, 0.1) is 5.82 Å². The van der Waals surface area contributed by atoms with Crippen molar-refractivity contribution >= 4 is 11.7 Å². The fourth-order valence-electron chi connectivity index (χ4n) is 3.11. The molecule has 0 radical (unpaired) electrons. The van der Waals surface area contributed by atoms with Crippen LogP contribution in [0.15, 0.2) is 48.7 Å². The number of ether oxygens (including phenoxy) is 1. The molecule has 1 atom stereocenters. The second-order valence-electron chi connectivity index (χ2n) is 6.47. The maximum atomic E-state index is 13.1. The summed E-state index contributed by atoms with van der Waals surface area (Å²) in [5.74, 6) is 0.0360. The monoisotopic (exact) mass is 359 g/mol. The molecule has 0 unspecified atom stereocenters. The SMILES string of the molecule is O=C(CN1CCO[C@@](CO)(Cc2ccc(F)cc2)C1)Nc1ccccn1. The van der Waals surface area contributed by atoms with E-state index >= 15 is 0 Å². The van der Waals surface area contributed by atoms with Gasteiger partial charge in [-0.2, -0.15) is 0 Å². The molecule has 6 nitrogen and oxygen atoms in total. The Morgan fingerprint density at radius 3 is 2.81 bits per heavy atom. The summed E-state index contributed by atoms with van der Waals surface area (Å²) < 4.78 is 18.9. The van der Waals surface area contributed by atoms with Gasteiger partial charge in [-0.3, -0.25) is 9.69 Å². The number of nitrogens with one attached hydrogen (secondary N) is 1. The minimum Gasteiger partial charge on any atom is -0.393 e. The van der Waals surface area contributed by atoms with Crippen LogP contribution in [0.4, 0.5) is 10.2 Å². The second-order valence-corrected chi connectivity index (χ2v) is 6.47. The average Bonchev–Trinajstić information content (AvgIpc) is 2.65. The minimum absolute atomic E-state index is 0.167. The van der Waals surface area contributed by atoms with E-state index in [0.29, 0.717) is 31.9 Å². The number of hydrogen-bond acceptors (Lipinski definition) is 5. The number of amides is 1. The summed E-state index contributed by atoms with van der Waals surface area (Å²) >= 11 is 0. The van der Waals surface area contributed by atoms with E-state index in [4.69, 9.17) is 4.74 Å². The predicted octanol–water partition coefficient (Wildman–Crippen LogP) is 1.47. The molecular formula is C19H22FN3O3. The van der Waals surface area contributed by atoms with Gasteiger partial charge in [-0.25, -0.2) is 9.37 Å². The van der Waals surface area contributed by atoms with Crippen LogP contribution in [0.5, 0.6) is 0 Å². The van der Waals surface area contributed by atoms with Crippen LogP contribution in [0.25, 0.3) is 0 Å². The molecular weight excluding hydrogens is 337 g/mol. The summed E-state index contributed by atoms with van der Waals surface area (Å²) in [7, 11) is 0. The molecule has 0 bridgehead atoms. The van der Waals surface area contributed by atoms with Crippen molar-refractivity contribution in [3.8, 4) is 0 Å². The van der Waals surface area contributed by atoms with E-state index < -0.39 is 5.60 Å². The van der Waals surface area contributed by atoms with E-state index in [-0.39, 0.29) is 24.9 Å². The lowest BCUT2D eigenvalue weighted by molar-refractivity contribution is -0.138. The largest absolute Gasteiger partial charge is 0.393 e. The maximum Gasteiger partial charge on any atom is 0.239 e. The quantitative estimate of drug-likeness (QED) is 0.817. The van der Waals surface area contributed by atoms with E-state index in [9.17, 15) is 14.3 Å². The number of nitrogens with zero attached hydrogens (tertiary/aromatic N) is 2. The minimum atomic E-state index is -0.804. The third-order valence-electron chi connectivity index (χ3n) is 4.35. The van der Waals surface area contributed by atoms with Crippen LogP contribution < -0.4 is 5.32 Å². The number of carbonyl (C=O) groups is 1. The maximum absolute atomic E-state index is 13.1. The predicted molar refractivity (Wildman–Crippen MR) is 95.2 cm³/mol. The van der Waals surface area contributed by atoms with Gasteiger partial charge in [0.2, 0.25) is 5.91 Å². The van der Waals surface area contributed by atoms with Crippen molar-refractivity contribution in [2.24, 2.45) is 0 Å². The van der Waals surface area contributed by atoms with E-state index in [1.54, 1.807) is 36.5 Å². The van der Waals surface area contributed by atoms with E-state index in [0.717, 1.165) is 5.56 Å². The molecule has 0 spiro atoms. The summed E-state index contributed by atoms with van der Waals surface area (Å²) in [5, 5.41) is 12.7. The van der Waals surface area contributed by atoms with Gasteiger partial charge in [0.25, 0.3) is 0 Å². The first-order chi connectivity index (χ1) is 12.6.